The van der Waals surface area contributed by atoms with Crippen molar-refractivity contribution in [2.75, 3.05) is 46.4 Å². The monoisotopic (exact) mass is 371 g/mol. The van der Waals surface area contributed by atoms with E-state index in [0.29, 0.717) is 19.2 Å². The smallest absolute Gasteiger partial charge is 0.289 e. The van der Waals surface area contributed by atoms with Gasteiger partial charge in [-0.05, 0) is 45.0 Å². The summed E-state index contributed by atoms with van der Waals surface area (Å²) in [5.41, 5.74) is 0. The molecular weight excluding hydrogens is 346 g/mol. The van der Waals surface area contributed by atoms with Gasteiger partial charge in [-0.25, -0.2) is 13.1 Å². The third kappa shape index (κ3) is 4.41. The van der Waals surface area contributed by atoms with Gasteiger partial charge in [0.1, 0.15) is 0 Å². The molecule has 0 spiro atoms. The zero-order valence-electron chi connectivity index (χ0n) is 14.4. The molecule has 1 atom stereocenters. The van der Waals surface area contributed by atoms with Crippen LogP contribution >= 0.6 is 0 Å². The minimum atomic E-state index is -3.68. The van der Waals surface area contributed by atoms with E-state index < -0.39 is 10.0 Å². The average molecular weight is 371 g/mol. The van der Waals surface area contributed by atoms with Gasteiger partial charge in [-0.1, -0.05) is 0 Å². The number of ether oxygens (including phenoxy) is 1. The number of rotatable bonds is 5. The summed E-state index contributed by atoms with van der Waals surface area (Å²) in [5, 5.41) is -0.242. The molecule has 25 heavy (non-hydrogen) atoms. The third-order valence-electron chi connectivity index (χ3n) is 4.69. The van der Waals surface area contributed by atoms with Crippen LogP contribution in [0.25, 0.3) is 0 Å². The highest BCUT2D eigenvalue weighted by Crippen LogP contribution is 2.18. The topological polar surface area (TPSA) is 92.1 Å². The Morgan fingerprint density at radius 3 is 2.80 bits per heavy atom. The molecule has 0 aliphatic carbocycles. The minimum Gasteiger partial charge on any atom is -0.438 e. The van der Waals surface area contributed by atoms with Crippen LogP contribution in [0.1, 0.15) is 29.8 Å². The number of hydrogen-bond donors (Lipinski definition) is 1. The second-order valence-electron chi connectivity index (χ2n) is 6.41. The Bertz CT molecular complexity index is 696. The van der Waals surface area contributed by atoms with E-state index in [1.54, 1.807) is 4.90 Å². The third-order valence-corrected chi connectivity index (χ3v) is 5.97. The predicted octanol–water partition coefficient (Wildman–Crippen LogP) is 0.515. The van der Waals surface area contributed by atoms with Gasteiger partial charge in [0.15, 0.2) is 5.76 Å². The van der Waals surface area contributed by atoms with Crippen molar-refractivity contribution >= 4 is 15.9 Å². The minimum absolute atomic E-state index is 0.0569. The maximum atomic E-state index is 12.6. The largest absolute Gasteiger partial charge is 0.438 e. The average Bonchev–Trinajstić information content (AvgIpc) is 3.24. The van der Waals surface area contributed by atoms with Crippen molar-refractivity contribution in [3.05, 3.63) is 17.9 Å². The van der Waals surface area contributed by atoms with Crippen LogP contribution < -0.4 is 4.72 Å². The number of carbonyl (C=O) groups excluding carboxylic acids is 1. The zero-order valence-corrected chi connectivity index (χ0v) is 15.3. The molecule has 8 nitrogen and oxygen atoms in total. The molecule has 0 aromatic carbocycles. The number of hydrogen-bond acceptors (Lipinski definition) is 6. The Balaban J connectivity index is 1.59. The lowest BCUT2D eigenvalue weighted by atomic mass is 10.2. The van der Waals surface area contributed by atoms with Gasteiger partial charge in [-0.2, -0.15) is 0 Å². The number of sulfonamides is 1. The van der Waals surface area contributed by atoms with Gasteiger partial charge in [0.25, 0.3) is 15.9 Å². The van der Waals surface area contributed by atoms with E-state index in [-0.39, 0.29) is 16.8 Å². The summed E-state index contributed by atoms with van der Waals surface area (Å²) in [6.45, 7) is 4.71. The fraction of sp³-hybridized carbons (Fsp3) is 0.688. The quantitative estimate of drug-likeness (QED) is 0.811. The molecule has 0 saturated carbocycles. The van der Waals surface area contributed by atoms with E-state index >= 15 is 0 Å². The predicted molar refractivity (Wildman–Crippen MR) is 90.9 cm³/mol. The van der Waals surface area contributed by atoms with Gasteiger partial charge in [-0.15, -0.1) is 0 Å². The van der Waals surface area contributed by atoms with Crippen molar-refractivity contribution in [2.45, 2.75) is 30.5 Å². The van der Waals surface area contributed by atoms with E-state index in [2.05, 4.69) is 9.62 Å². The number of nitrogens with zero attached hydrogens (tertiary/aromatic N) is 2. The molecule has 2 aliphatic heterocycles. The normalized spacial score (nSPS) is 22.9. The number of furan rings is 1. The summed E-state index contributed by atoms with van der Waals surface area (Å²) in [4.78, 5) is 16.7. The molecule has 0 radical (unpaired) electrons. The summed E-state index contributed by atoms with van der Waals surface area (Å²) >= 11 is 0. The lowest BCUT2D eigenvalue weighted by Crippen LogP contribution is -2.37. The van der Waals surface area contributed by atoms with Crippen LogP contribution in [0.5, 0.6) is 0 Å². The van der Waals surface area contributed by atoms with Crippen molar-refractivity contribution in [1.82, 2.24) is 14.5 Å². The molecule has 3 rings (SSSR count). The number of nitrogens with one attached hydrogen (secondary N) is 1. The van der Waals surface area contributed by atoms with Gasteiger partial charge in [0, 0.05) is 32.8 Å². The summed E-state index contributed by atoms with van der Waals surface area (Å²) in [6.07, 6.45) is 3.41. The van der Waals surface area contributed by atoms with Crippen molar-refractivity contribution in [3.8, 4) is 0 Å². The maximum absolute atomic E-state index is 12.6. The van der Waals surface area contributed by atoms with Gasteiger partial charge >= 0.3 is 0 Å². The van der Waals surface area contributed by atoms with Crippen molar-refractivity contribution in [2.24, 2.45) is 0 Å². The summed E-state index contributed by atoms with van der Waals surface area (Å²) in [6, 6.07) is 2.72. The Morgan fingerprint density at radius 2 is 2.08 bits per heavy atom. The second-order valence-corrected chi connectivity index (χ2v) is 8.23. The maximum Gasteiger partial charge on any atom is 0.289 e. The molecule has 3 heterocycles. The SMILES string of the molecule is CNS(=O)(=O)c1ccc(C(=O)N2CCCN(C[C@@H]3CCCO3)CC2)o1. The summed E-state index contributed by atoms with van der Waals surface area (Å²) in [5.74, 6) is -0.210. The van der Waals surface area contributed by atoms with Crippen LogP contribution in [0.4, 0.5) is 0 Å². The van der Waals surface area contributed by atoms with Crippen LogP contribution in [-0.4, -0.2) is 76.6 Å². The molecule has 140 valence electrons. The van der Waals surface area contributed by atoms with Gasteiger partial charge in [0.05, 0.1) is 6.10 Å². The molecule has 0 unspecified atom stereocenters. The van der Waals surface area contributed by atoms with Crippen LogP contribution in [0.2, 0.25) is 0 Å². The first-order chi connectivity index (χ1) is 12.0. The Morgan fingerprint density at radius 1 is 1.24 bits per heavy atom. The van der Waals surface area contributed by atoms with E-state index in [1.165, 1.54) is 19.2 Å². The molecular formula is C16H25N3O5S. The van der Waals surface area contributed by atoms with E-state index in [9.17, 15) is 13.2 Å². The van der Waals surface area contributed by atoms with Crippen LogP contribution in [0, 0.1) is 0 Å². The van der Waals surface area contributed by atoms with Crippen molar-refractivity contribution in [3.63, 3.8) is 0 Å². The molecule has 1 aromatic rings. The van der Waals surface area contributed by atoms with E-state index in [1.807, 2.05) is 0 Å². The van der Waals surface area contributed by atoms with E-state index in [4.69, 9.17) is 9.15 Å². The molecule has 1 N–H and O–H groups in total. The van der Waals surface area contributed by atoms with Crippen molar-refractivity contribution < 1.29 is 22.4 Å². The zero-order chi connectivity index (χ0) is 17.9. The van der Waals surface area contributed by atoms with Crippen LogP contribution in [0.15, 0.2) is 21.6 Å². The first-order valence-corrected chi connectivity index (χ1v) is 10.1. The van der Waals surface area contributed by atoms with Crippen LogP contribution in [-0.2, 0) is 14.8 Å². The first kappa shape index (κ1) is 18.4. The highest BCUT2D eigenvalue weighted by atomic mass is 32.2. The highest BCUT2D eigenvalue weighted by molar-refractivity contribution is 7.89. The lowest BCUT2D eigenvalue weighted by molar-refractivity contribution is 0.0684. The fourth-order valence-electron chi connectivity index (χ4n) is 3.27. The fourth-order valence-corrected chi connectivity index (χ4v) is 3.92. The van der Waals surface area contributed by atoms with E-state index in [0.717, 1.165) is 45.5 Å². The molecule has 2 aliphatic rings. The summed E-state index contributed by atoms with van der Waals surface area (Å²) in [7, 11) is -2.38. The first-order valence-electron chi connectivity index (χ1n) is 8.66. The highest BCUT2D eigenvalue weighted by Gasteiger charge is 2.26. The Kier molecular flexibility index (Phi) is 5.78. The molecule has 2 fully saturated rings. The molecule has 1 aromatic heterocycles. The van der Waals surface area contributed by atoms with Crippen LogP contribution in [0.3, 0.4) is 0 Å². The molecule has 9 heteroatoms. The Labute approximate surface area is 148 Å². The standard InChI is InChI=1S/C16H25N3O5S/c1-17-25(21,22)15-6-5-14(24-15)16(20)19-8-3-7-18(9-10-19)12-13-4-2-11-23-13/h5-6,13,17H,2-4,7-12H2,1H3/t13-/m0/s1. The van der Waals surface area contributed by atoms with Gasteiger partial charge in [0.2, 0.25) is 5.09 Å². The summed E-state index contributed by atoms with van der Waals surface area (Å²) < 4.78 is 36.6. The Hall–Kier alpha value is -1.42. The van der Waals surface area contributed by atoms with Crippen molar-refractivity contribution in [1.29, 1.82) is 0 Å². The molecule has 0 bridgehead atoms. The molecule has 1 amide bonds. The molecule has 2 saturated heterocycles. The number of carbonyl (C=O) groups is 1. The second kappa shape index (κ2) is 7.86. The van der Waals surface area contributed by atoms with Gasteiger partial charge in [-0.3, -0.25) is 9.69 Å². The van der Waals surface area contributed by atoms with Gasteiger partial charge < -0.3 is 14.1 Å². The lowest BCUT2D eigenvalue weighted by Gasteiger charge is -2.23. The number of amides is 1.